The Bertz CT molecular complexity index is 108. The lowest BCUT2D eigenvalue weighted by Gasteiger charge is -1.92. The van der Waals surface area contributed by atoms with Gasteiger partial charge in [0.1, 0.15) is 6.54 Å². The molecule has 0 heterocycles. The van der Waals surface area contributed by atoms with E-state index in [9.17, 15) is 9.59 Å². The second-order valence-corrected chi connectivity index (χ2v) is 1.30. The average Bonchev–Trinajstić information content (AvgIpc) is 1.89. The van der Waals surface area contributed by atoms with Gasteiger partial charge in [-0.15, -0.1) is 13.2 Å². The largest absolute Gasteiger partial charge is 0.480 e. The van der Waals surface area contributed by atoms with Crippen molar-refractivity contribution in [1.29, 1.82) is 0 Å². The zero-order valence-electron chi connectivity index (χ0n) is 5.89. The first-order chi connectivity index (χ1) is 4.63. The molecule has 0 aromatic rings. The summed E-state index contributed by atoms with van der Waals surface area (Å²) in [6.07, 6.45) is 0. The molecule has 0 atom stereocenters. The van der Waals surface area contributed by atoms with Crippen molar-refractivity contribution in [3.63, 3.8) is 0 Å². The monoisotopic (exact) mass is 145 g/mol. The number of aliphatic carboxylic acids is 1. The first kappa shape index (κ1) is 11.5. The molecule has 0 unspecified atom stereocenters. The van der Waals surface area contributed by atoms with Gasteiger partial charge in [-0.1, -0.05) is 0 Å². The van der Waals surface area contributed by atoms with Crippen LogP contribution in [0.3, 0.4) is 0 Å². The summed E-state index contributed by atoms with van der Waals surface area (Å²) in [4.78, 5) is 19.7. The number of carboxylic acids is 1. The summed E-state index contributed by atoms with van der Waals surface area (Å²) in [6.45, 7) is 6.97. The van der Waals surface area contributed by atoms with Gasteiger partial charge in [0.25, 0.3) is 0 Å². The van der Waals surface area contributed by atoms with Crippen LogP contribution in [0.25, 0.3) is 0 Å². The second-order valence-electron chi connectivity index (χ2n) is 1.30. The fraction of sp³-hybridized carbons (Fsp3) is 0.333. The average molecular weight is 145 g/mol. The number of carbonyl (C=O) groups is 2. The number of nitrogens with one attached hydrogen (secondary N) is 1. The fourth-order valence-electron chi connectivity index (χ4n) is 0.200. The zero-order valence-corrected chi connectivity index (χ0v) is 5.89. The number of carboxylic acid groups (broad SMARTS) is 1. The van der Waals surface area contributed by atoms with E-state index in [1.807, 2.05) is 0 Å². The topological polar surface area (TPSA) is 66.4 Å². The molecular weight excluding hydrogens is 134 g/mol. The van der Waals surface area contributed by atoms with Gasteiger partial charge in [-0.3, -0.25) is 9.59 Å². The van der Waals surface area contributed by atoms with E-state index < -0.39 is 5.97 Å². The van der Waals surface area contributed by atoms with E-state index in [2.05, 4.69) is 18.5 Å². The molecule has 0 bridgehead atoms. The minimum absolute atomic E-state index is 0.296. The van der Waals surface area contributed by atoms with Crippen LogP contribution >= 0.6 is 0 Å². The highest BCUT2D eigenvalue weighted by Gasteiger charge is 1.94. The Morgan fingerprint density at radius 1 is 1.50 bits per heavy atom. The van der Waals surface area contributed by atoms with Gasteiger partial charge < -0.3 is 10.4 Å². The van der Waals surface area contributed by atoms with E-state index in [0.717, 1.165) is 0 Å². The normalized spacial score (nSPS) is 6.90. The van der Waals surface area contributed by atoms with E-state index in [4.69, 9.17) is 5.11 Å². The van der Waals surface area contributed by atoms with Gasteiger partial charge in [0, 0.05) is 6.92 Å². The van der Waals surface area contributed by atoms with Crippen LogP contribution in [0, 0.1) is 0 Å². The molecule has 0 saturated carbocycles. The van der Waals surface area contributed by atoms with Crippen LogP contribution in [0.1, 0.15) is 6.92 Å². The SMILES string of the molecule is C=C.CC(=O)NCC(=O)O. The lowest BCUT2D eigenvalue weighted by molar-refractivity contribution is -0.137. The second kappa shape index (κ2) is 7.68. The van der Waals surface area contributed by atoms with Crippen LogP contribution in [0.2, 0.25) is 0 Å². The number of hydrogen-bond donors (Lipinski definition) is 2. The minimum atomic E-state index is -1.03. The third kappa shape index (κ3) is 15.9. The molecule has 0 aliphatic carbocycles. The summed E-state index contributed by atoms with van der Waals surface area (Å²) >= 11 is 0. The Balaban J connectivity index is 0. The Morgan fingerprint density at radius 2 is 1.90 bits per heavy atom. The highest BCUT2D eigenvalue weighted by Crippen LogP contribution is 1.60. The third-order valence-corrected chi connectivity index (χ3v) is 0.489. The molecule has 0 fully saturated rings. The van der Waals surface area contributed by atoms with Crippen molar-refractivity contribution < 1.29 is 14.7 Å². The van der Waals surface area contributed by atoms with Crippen LogP contribution in [0.15, 0.2) is 13.2 Å². The predicted octanol–water partition coefficient (Wildman–Crippen LogP) is 0.00930. The molecule has 4 nitrogen and oxygen atoms in total. The predicted molar refractivity (Wildman–Crippen MR) is 37.6 cm³/mol. The van der Waals surface area contributed by atoms with Gasteiger partial charge in [0.15, 0.2) is 0 Å². The zero-order chi connectivity index (χ0) is 8.57. The molecule has 0 rings (SSSR count). The summed E-state index contributed by atoms with van der Waals surface area (Å²) < 4.78 is 0. The van der Waals surface area contributed by atoms with Crippen LogP contribution < -0.4 is 5.32 Å². The molecule has 0 radical (unpaired) electrons. The highest BCUT2D eigenvalue weighted by molar-refractivity contribution is 5.79. The Kier molecular flexibility index (Phi) is 8.81. The lowest BCUT2D eigenvalue weighted by Crippen LogP contribution is -2.26. The van der Waals surface area contributed by atoms with Crippen molar-refractivity contribution in [3.05, 3.63) is 13.2 Å². The number of carbonyl (C=O) groups excluding carboxylic acids is 1. The van der Waals surface area contributed by atoms with E-state index >= 15 is 0 Å². The molecule has 0 spiro atoms. The summed E-state index contributed by atoms with van der Waals surface area (Å²) in [5.41, 5.74) is 0. The van der Waals surface area contributed by atoms with Crippen LogP contribution in [-0.2, 0) is 9.59 Å². The maximum Gasteiger partial charge on any atom is 0.322 e. The summed E-state index contributed by atoms with van der Waals surface area (Å²) in [7, 11) is 0. The smallest absolute Gasteiger partial charge is 0.322 e. The standard InChI is InChI=1S/C4H7NO3.C2H4/c1-3(6)5-2-4(7)8;1-2/h2H2,1H3,(H,5,6)(H,7,8);1-2H2. The number of amides is 1. The Morgan fingerprint density at radius 3 is 2.00 bits per heavy atom. The number of rotatable bonds is 2. The molecule has 0 saturated heterocycles. The third-order valence-electron chi connectivity index (χ3n) is 0.489. The van der Waals surface area contributed by atoms with Gasteiger partial charge in [-0.25, -0.2) is 0 Å². The highest BCUT2D eigenvalue weighted by atomic mass is 16.4. The van der Waals surface area contributed by atoms with Gasteiger partial charge in [-0.05, 0) is 0 Å². The van der Waals surface area contributed by atoms with E-state index in [0.29, 0.717) is 0 Å². The molecule has 58 valence electrons. The first-order valence-electron chi connectivity index (χ1n) is 2.59. The summed E-state index contributed by atoms with van der Waals surface area (Å²) in [6, 6.07) is 0. The van der Waals surface area contributed by atoms with Crippen molar-refractivity contribution in [2.24, 2.45) is 0 Å². The molecule has 0 aliphatic rings. The van der Waals surface area contributed by atoms with Gasteiger partial charge in [0.05, 0.1) is 0 Å². The molecular formula is C6H11NO3. The van der Waals surface area contributed by atoms with Crippen molar-refractivity contribution >= 4 is 11.9 Å². The Hall–Kier alpha value is -1.32. The summed E-state index contributed by atoms with van der Waals surface area (Å²) in [5, 5.41) is 10.1. The fourth-order valence-corrected chi connectivity index (χ4v) is 0.200. The molecule has 2 N–H and O–H groups in total. The molecule has 4 heteroatoms. The van der Waals surface area contributed by atoms with Gasteiger partial charge in [-0.2, -0.15) is 0 Å². The quantitative estimate of drug-likeness (QED) is 0.538. The van der Waals surface area contributed by atoms with E-state index in [1.54, 1.807) is 0 Å². The van der Waals surface area contributed by atoms with Gasteiger partial charge in [0.2, 0.25) is 5.91 Å². The molecule has 0 aliphatic heterocycles. The molecule has 0 aromatic carbocycles. The Labute approximate surface area is 59.5 Å². The summed E-state index contributed by atoms with van der Waals surface area (Å²) in [5.74, 6) is -1.35. The molecule has 1 amide bonds. The maximum atomic E-state index is 9.97. The molecule has 0 aromatic heterocycles. The van der Waals surface area contributed by atoms with E-state index in [-0.39, 0.29) is 12.5 Å². The van der Waals surface area contributed by atoms with E-state index in [1.165, 1.54) is 6.92 Å². The van der Waals surface area contributed by atoms with Crippen LogP contribution in [0.5, 0.6) is 0 Å². The maximum absolute atomic E-state index is 9.97. The van der Waals surface area contributed by atoms with Crippen LogP contribution in [0.4, 0.5) is 0 Å². The van der Waals surface area contributed by atoms with Crippen molar-refractivity contribution in [2.75, 3.05) is 6.54 Å². The van der Waals surface area contributed by atoms with Crippen molar-refractivity contribution in [1.82, 2.24) is 5.32 Å². The van der Waals surface area contributed by atoms with Gasteiger partial charge >= 0.3 is 5.97 Å². The van der Waals surface area contributed by atoms with Crippen molar-refractivity contribution in [2.45, 2.75) is 6.92 Å². The van der Waals surface area contributed by atoms with Crippen LogP contribution in [-0.4, -0.2) is 23.5 Å². The lowest BCUT2D eigenvalue weighted by atomic mass is 10.6. The van der Waals surface area contributed by atoms with Crippen molar-refractivity contribution in [3.8, 4) is 0 Å². The molecule has 10 heavy (non-hydrogen) atoms. The first-order valence-corrected chi connectivity index (χ1v) is 2.59. The number of hydrogen-bond acceptors (Lipinski definition) is 2. The minimum Gasteiger partial charge on any atom is -0.480 e.